The van der Waals surface area contributed by atoms with Crippen molar-refractivity contribution in [2.75, 3.05) is 20.3 Å². The Kier molecular flexibility index (Phi) is 4.66. The van der Waals surface area contributed by atoms with Gasteiger partial charge in [0, 0.05) is 17.3 Å². The second-order valence-corrected chi connectivity index (χ2v) is 7.08. The Morgan fingerprint density at radius 2 is 1.84 bits per heavy atom. The number of hydrogen-bond donors (Lipinski definition) is 1. The van der Waals surface area contributed by atoms with Crippen molar-refractivity contribution in [3.63, 3.8) is 0 Å². The molecule has 0 fully saturated rings. The molecule has 4 aromatic rings. The van der Waals surface area contributed by atoms with Gasteiger partial charge in [-0.1, -0.05) is 24.3 Å². The Labute approximate surface area is 176 Å². The number of aromatic nitrogens is 3. The first-order chi connectivity index (χ1) is 15.2. The van der Waals surface area contributed by atoms with Crippen LogP contribution in [0, 0.1) is 0 Å². The summed E-state index contributed by atoms with van der Waals surface area (Å²) in [5, 5.41) is 0.323. The van der Waals surface area contributed by atoms with Gasteiger partial charge in [0.15, 0.2) is 11.5 Å². The lowest BCUT2D eigenvalue weighted by Gasteiger charge is -2.19. The van der Waals surface area contributed by atoms with Crippen molar-refractivity contribution in [2.24, 2.45) is 0 Å². The Morgan fingerprint density at radius 3 is 2.68 bits per heavy atom. The molecule has 0 aliphatic carbocycles. The van der Waals surface area contributed by atoms with Gasteiger partial charge in [0.1, 0.15) is 24.6 Å². The third kappa shape index (κ3) is 3.31. The van der Waals surface area contributed by atoms with E-state index < -0.39 is 11.2 Å². The molecule has 0 spiro atoms. The van der Waals surface area contributed by atoms with E-state index in [1.165, 1.54) is 4.57 Å². The maximum atomic E-state index is 12.8. The van der Waals surface area contributed by atoms with E-state index in [-0.39, 0.29) is 6.54 Å². The molecule has 0 unspecified atom stereocenters. The number of rotatable bonds is 4. The van der Waals surface area contributed by atoms with Crippen molar-refractivity contribution in [3.05, 3.63) is 81.1 Å². The van der Waals surface area contributed by atoms with Crippen molar-refractivity contribution in [1.82, 2.24) is 14.5 Å². The Hall–Kier alpha value is -4.07. The molecule has 2 aromatic carbocycles. The SMILES string of the molecule is COc1ccccc1-c1ccnc2c1c(=O)[nH]c(=O)n2Cc1ccc2c(c1)OCCO2. The van der Waals surface area contributed by atoms with Crippen LogP contribution in [0.3, 0.4) is 0 Å². The number of benzene rings is 2. The normalized spacial score (nSPS) is 12.7. The highest BCUT2D eigenvalue weighted by molar-refractivity contribution is 5.93. The molecule has 0 atom stereocenters. The average molecular weight is 417 g/mol. The highest BCUT2D eigenvalue weighted by Gasteiger charge is 2.17. The lowest BCUT2D eigenvalue weighted by molar-refractivity contribution is 0.171. The van der Waals surface area contributed by atoms with Crippen LogP contribution >= 0.6 is 0 Å². The van der Waals surface area contributed by atoms with E-state index in [4.69, 9.17) is 14.2 Å². The summed E-state index contributed by atoms with van der Waals surface area (Å²) in [5.74, 6) is 1.93. The molecule has 0 saturated heterocycles. The number of para-hydroxylation sites is 1. The number of aromatic amines is 1. The molecule has 156 valence electrons. The van der Waals surface area contributed by atoms with Crippen molar-refractivity contribution in [2.45, 2.75) is 6.54 Å². The number of H-pyrrole nitrogens is 1. The summed E-state index contributed by atoms with van der Waals surface area (Å²) in [7, 11) is 1.57. The second kappa shape index (κ2) is 7.64. The fourth-order valence-electron chi connectivity index (χ4n) is 3.81. The Bertz CT molecular complexity index is 1410. The first kappa shape index (κ1) is 18.9. The highest BCUT2D eigenvalue weighted by Crippen LogP contribution is 2.33. The van der Waals surface area contributed by atoms with E-state index in [0.29, 0.717) is 47.1 Å². The van der Waals surface area contributed by atoms with Gasteiger partial charge < -0.3 is 14.2 Å². The van der Waals surface area contributed by atoms with Gasteiger partial charge in [0.05, 0.1) is 19.0 Å². The zero-order chi connectivity index (χ0) is 21.4. The molecule has 1 aliphatic heterocycles. The van der Waals surface area contributed by atoms with Crippen LogP contribution < -0.4 is 25.5 Å². The van der Waals surface area contributed by atoms with Gasteiger partial charge in [-0.3, -0.25) is 14.3 Å². The standard InChI is InChI=1S/C23H19N3O5/c1-29-17-5-3-2-4-15(17)16-8-9-24-21-20(16)22(27)25-23(28)26(21)13-14-6-7-18-19(12-14)31-11-10-30-18/h2-9,12H,10-11,13H2,1H3,(H,25,27,28). The van der Waals surface area contributed by atoms with Crippen LogP contribution in [0.2, 0.25) is 0 Å². The monoisotopic (exact) mass is 417 g/mol. The molecule has 0 radical (unpaired) electrons. The van der Waals surface area contributed by atoms with Crippen molar-refractivity contribution < 1.29 is 14.2 Å². The maximum absolute atomic E-state index is 12.8. The van der Waals surface area contributed by atoms with E-state index in [0.717, 1.165) is 11.1 Å². The molecule has 1 aliphatic rings. The molecular weight excluding hydrogens is 398 g/mol. The Morgan fingerprint density at radius 1 is 1.03 bits per heavy atom. The topological polar surface area (TPSA) is 95.4 Å². The molecule has 0 amide bonds. The van der Waals surface area contributed by atoms with Gasteiger partial charge in [-0.2, -0.15) is 0 Å². The van der Waals surface area contributed by atoms with Gasteiger partial charge in [-0.25, -0.2) is 9.78 Å². The van der Waals surface area contributed by atoms with Crippen LogP contribution in [0.15, 0.2) is 64.3 Å². The summed E-state index contributed by atoms with van der Waals surface area (Å²) < 4.78 is 18.1. The lowest BCUT2D eigenvalue weighted by atomic mass is 10.0. The molecule has 3 heterocycles. The third-order valence-corrected chi connectivity index (χ3v) is 5.22. The highest BCUT2D eigenvalue weighted by atomic mass is 16.6. The average Bonchev–Trinajstić information content (AvgIpc) is 2.81. The molecule has 2 aromatic heterocycles. The zero-order valence-corrected chi connectivity index (χ0v) is 16.8. The largest absolute Gasteiger partial charge is 0.496 e. The minimum Gasteiger partial charge on any atom is -0.496 e. The smallest absolute Gasteiger partial charge is 0.330 e. The zero-order valence-electron chi connectivity index (χ0n) is 16.8. The van der Waals surface area contributed by atoms with E-state index >= 15 is 0 Å². The van der Waals surface area contributed by atoms with Crippen molar-refractivity contribution >= 4 is 11.0 Å². The number of pyridine rings is 1. The molecule has 8 nitrogen and oxygen atoms in total. The third-order valence-electron chi connectivity index (χ3n) is 5.22. The van der Waals surface area contributed by atoms with Gasteiger partial charge in [0.25, 0.3) is 5.56 Å². The number of fused-ring (bicyclic) bond motifs is 2. The summed E-state index contributed by atoms with van der Waals surface area (Å²) in [6, 6.07) is 14.7. The van der Waals surface area contributed by atoms with Crippen LogP contribution in [-0.4, -0.2) is 34.9 Å². The summed E-state index contributed by atoms with van der Waals surface area (Å²) in [4.78, 5) is 32.3. The summed E-state index contributed by atoms with van der Waals surface area (Å²) >= 11 is 0. The first-order valence-electron chi connectivity index (χ1n) is 9.79. The molecule has 5 rings (SSSR count). The van der Waals surface area contributed by atoms with Crippen LogP contribution in [0.1, 0.15) is 5.56 Å². The molecule has 0 saturated carbocycles. The van der Waals surface area contributed by atoms with Crippen molar-refractivity contribution in [1.29, 1.82) is 0 Å². The number of hydrogen-bond acceptors (Lipinski definition) is 6. The lowest BCUT2D eigenvalue weighted by Crippen LogP contribution is -2.31. The predicted molar refractivity (Wildman–Crippen MR) is 115 cm³/mol. The number of methoxy groups -OCH3 is 1. The van der Waals surface area contributed by atoms with Gasteiger partial charge in [-0.05, 0) is 29.8 Å². The van der Waals surface area contributed by atoms with Crippen molar-refractivity contribution in [3.8, 4) is 28.4 Å². The first-order valence-corrected chi connectivity index (χ1v) is 9.79. The summed E-state index contributed by atoms with van der Waals surface area (Å²) in [5.41, 5.74) is 1.48. The van der Waals surface area contributed by atoms with Crippen LogP contribution in [-0.2, 0) is 6.54 Å². The molecule has 31 heavy (non-hydrogen) atoms. The Balaban J connectivity index is 1.68. The molecule has 0 bridgehead atoms. The van der Waals surface area contributed by atoms with E-state index in [1.807, 2.05) is 42.5 Å². The number of nitrogens with zero attached hydrogens (tertiary/aromatic N) is 2. The molecular formula is C23H19N3O5. The van der Waals surface area contributed by atoms with Crippen LogP contribution in [0.25, 0.3) is 22.2 Å². The molecule has 8 heteroatoms. The summed E-state index contributed by atoms with van der Waals surface area (Å²) in [6.07, 6.45) is 1.59. The van der Waals surface area contributed by atoms with E-state index in [1.54, 1.807) is 19.4 Å². The van der Waals surface area contributed by atoms with E-state index in [9.17, 15) is 9.59 Å². The summed E-state index contributed by atoms with van der Waals surface area (Å²) in [6.45, 7) is 1.19. The van der Waals surface area contributed by atoms with Crippen LogP contribution in [0.5, 0.6) is 17.2 Å². The predicted octanol–water partition coefficient (Wildman–Crippen LogP) is 2.58. The number of ether oxygens (including phenoxy) is 3. The van der Waals surface area contributed by atoms with Gasteiger partial charge in [0.2, 0.25) is 0 Å². The number of nitrogens with one attached hydrogen (secondary N) is 1. The van der Waals surface area contributed by atoms with Gasteiger partial charge >= 0.3 is 5.69 Å². The quantitative estimate of drug-likeness (QED) is 0.548. The fourth-order valence-corrected chi connectivity index (χ4v) is 3.81. The minimum absolute atomic E-state index is 0.213. The van der Waals surface area contributed by atoms with Crippen LogP contribution in [0.4, 0.5) is 0 Å². The second-order valence-electron chi connectivity index (χ2n) is 7.08. The van der Waals surface area contributed by atoms with Gasteiger partial charge in [-0.15, -0.1) is 0 Å². The van der Waals surface area contributed by atoms with E-state index in [2.05, 4.69) is 9.97 Å². The minimum atomic E-state index is -0.530. The maximum Gasteiger partial charge on any atom is 0.330 e. The fraction of sp³-hybridized carbons (Fsp3) is 0.174. The molecule has 1 N–H and O–H groups in total.